The monoisotopic (exact) mass is 215 g/mol. The van der Waals surface area contributed by atoms with E-state index in [0.29, 0.717) is 13.0 Å². The van der Waals surface area contributed by atoms with Gasteiger partial charge in [0.2, 0.25) is 11.8 Å². The van der Waals surface area contributed by atoms with Crippen molar-refractivity contribution in [3.8, 4) is 0 Å². The summed E-state index contributed by atoms with van der Waals surface area (Å²) >= 11 is 0. The van der Waals surface area contributed by atoms with Gasteiger partial charge in [0.25, 0.3) is 0 Å². The first-order valence-corrected chi connectivity index (χ1v) is 5.12. The van der Waals surface area contributed by atoms with E-state index in [1.54, 1.807) is 13.8 Å². The third-order valence-corrected chi connectivity index (χ3v) is 2.23. The molecule has 5 nitrogen and oxygen atoms in total. The third-order valence-electron chi connectivity index (χ3n) is 2.23. The van der Waals surface area contributed by atoms with Crippen LogP contribution in [0, 0.1) is 5.92 Å². The van der Waals surface area contributed by atoms with E-state index in [1.165, 1.54) is 0 Å². The van der Waals surface area contributed by atoms with E-state index < -0.39 is 11.4 Å². The molecule has 0 aromatic carbocycles. The number of carbonyl (C=O) groups is 2. The van der Waals surface area contributed by atoms with Crippen LogP contribution in [-0.2, 0) is 9.59 Å². The minimum Gasteiger partial charge on any atom is -0.370 e. The van der Waals surface area contributed by atoms with Crippen molar-refractivity contribution in [2.45, 2.75) is 39.2 Å². The van der Waals surface area contributed by atoms with Crippen LogP contribution in [0.1, 0.15) is 33.6 Å². The second-order valence-electron chi connectivity index (χ2n) is 4.36. The van der Waals surface area contributed by atoms with Crippen molar-refractivity contribution < 1.29 is 9.59 Å². The average Bonchev–Trinajstić information content (AvgIpc) is 2.02. The number of hydrogen-bond acceptors (Lipinski definition) is 3. The lowest BCUT2D eigenvalue weighted by Gasteiger charge is -2.27. The number of nitrogens with one attached hydrogen (secondary N) is 1. The maximum atomic E-state index is 11.7. The lowest BCUT2D eigenvalue weighted by atomic mass is 9.97. The van der Waals surface area contributed by atoms with Crippen LogP contribution in [-0.4, -0.2) is 23.9 Å². The number of rotatable bonds is 6. The number of nitrogens with two attached hydrogens (primary N) is 2. The quantitative estimate of drug-likeness (QED) is 0.569. The van der Waals surface area contributed by atoms with Gasteiger partial charge in [0, 0.05) is 24.4 Å². The predicted octanol–water partition coefficient (Wildman–Crippen LogP) is -0.258. The summed E-state index contributed by atoms with van der Waals surface area (Å²) in [6, 6.07) is 0. The van der Waals surface area contributed by atoms with Crippen LogP contribution in [0.2, 0.25) is 0 Å². The summed E-state index contributed by atoms with van der Waals surface area (Å²) in [6.45, 7) is 5.74. The molecule has 0 aliphatic carbocycles. The van der Waals surface area contributed by atoms with E-state index in [-0.39, 0.29) is 18.2 Å². The standard InChI is InChI=1S/C10H21N3O2/c1-4-7(6-11)9(15)13-10(2,3)5-8(12)14/h7H,4-6,11H2,1-3H3,(H2,12,14)(H,13,15). The Morgan fingerprint density at radius 2 is 1.93 bits per heavy atom. The molecule has 0 aliphatic heterocycles. The second kappa shape index (κ2) is 5.70. The fourth-order valence-corrected chi connectivity index (χ4v) is 1.37. The van der Waals surface area contributed by atoms with Gasteiger partial charge in [-0.15, -0.1) is 0 Å². The molecule has 0 fully saturated rings. The molecule has 0 saturated carbocycles. The molecular formula is C10H21N3O2. The minimum absolute atomic E-state index is 0.119. The van der Waals surface area contributed by atoms with Gasteiger partial charge in [0.15, 0.2) is 0 Å². The Balaban J connectivity index is 4.31. The number of hydrogen-bond donors (Lipinski definition) is 3. The molecule has 5 heteroatoms. The van der Waals surface area contributed by atoms with Crippen LogP contribution < -0.4 is 16.8 Å². The highest BCUT2D eigenvalue weighted by Gasteiger charge is 2.25. The van der Waals surface area contributed by atoms with Gasteiger partial charge in [0.05, 0.1) is 0 Å². The van der Waals surface area contributed by atoms with E-state index in [4.69, 9.17) is 11.5 Å². The summed E-state index contributed by atoms with van der Waals surface area (Å²) in [4.78, 5) is 22.4. The molecule has 1 atom stereocenters. The Morgan fingerprint density at radius 3 is 2.27 bits per heavy atom. The molecule has 0 rings (SSSR count). The molecule has 0 aromatic heterocycles. The fraction of sp³-hybridized carbons (Fsp3) is 0.800. The van der Waals surface area contributed by atoms with Gasteiger partial charge in [-0.2, -0.15) is 0 Å². The molecule has 1 unspecified atom stereocenters. The average molecular weight is 215 g/mol. The van der Waals surface area contributed by atoms with Gasteiger partial charge in [0.1, 0.15) is 0 Å². The molecule has 0 aliphatic rings. The largest absolute Gasteiger partial charge is 0.370 e. The zero-order chi connectivity index (χ0) is 12.1. The van der Waals surface area contributed by atoms with Gasteiger partial charge in [-0.1, -0.05) is 6.92 Å². The van der Waals surface area contributed by atoms with Gasteiger partial charge < -0.3 is 16.8 Å². The summed E-state index contributed by atoms with van der Waals surface area (Å²) in [7, 11) is 0. The topological polar surface area (TPSA) is 98.2 Å². The van der Waals surface area contributed by atoms with Crippen molar-refractivity contribution in [1.82, 2.24) is 5.32 Å². The smallest absolute Gasteiger partial charge is 0.224 e. The normalized spacial score (nSPS) is 13.3. The minimum atomic E-state index is -0.606. The zero-order valence-corrected chi connectivity index (χ0v) is 9.67. The maximum absolute atomic E-state index is 11.7. The molecule has 5 N–H and O–H groups in total. The van der Waals surface area contributed by atoms with Crippen LogP contribution in [0.5, 0.6) is 0 Å². The molecular weight excluding hydrogens is 194 g/mol. The SMILES string of the molecule is CCC(CN)C(=O)NC(C)(C)CC(N)=O. The number of amides is 2. The van der Waals surface area contributed by atoms with Crippen molar-refractivity contribution >= 4 is 11.8 Å². The summed E-state index contributed by atoms with van der Waals surface area (Å²) in [5.74, 6) is -0.746. The van der Waals surface area contributed by atoms with Crippen LogP contribution in [0.3, 0.4) is 0 Å². The van der Waals surface area contributed by atoms with Crippen LogP contribution in [0.4, 0.5) is 0 Å². The Hall–Kier alpha value is -1.10. The fourth-order valence-electron chi connectivity index (χ4n) is 1.37. The summed E-state index contributed by atoms with van der Waals surface area (Å²) < 4.78 is 0. The lowest BCUT2D eigenvalue weighted by molar-refractivity contribution is -0.127. The van der Waals surface area contributed by atoms with E-state index in [1.807, 2.05) is 6.92 Å². The lowest BCUT2D eigenvalue weighted by Crippen LogP contribution is -2.49. The Kier molecular flexibility index (Phi) is 5.28. The first kappa shape index (κ1) is 13.9. The van der Waals surface area contributed by atoms with Gasteiger partial charge >= 0.3 is 0 Å². The summed E-state index contributed by atoms with van der Waals surface area (Å²) in [5, 5.41) is 2.77. The first-order valence-electron chi connectivity index (χ1n) is 5.12. The van der Waals surface area contributed by atoms with E-state index >= 15 is 0 Å². The Labute approximate surface area is 90.6 Å². The first-order chi connectivity index (χ1) is 6.82. The second-order valence-corrected chi connectivity index (χ2v) is 4.36. The summed E-state index contributed by atoms with van der Waals surface area (Å²) in [5.41, 5.74) is 9.93. The highest BCUT2D eigenvalue weighted by molar-refractivity contribution is 5.81. The third kappa shape index (κ3) is 5.37. The van der Waals surface area contributed by atoms with E-state index in [2.05, 4.69) is 5.32 Å². The van der Waals surface area contributed by atoms with Crippen LogP contribution >= 0.6 is 0 Å². The molecule has 0 heterocycles. The molecule has 15 heavy (non-hydrogen) atoms. The van der Waals surface area contributed by atoms with Gasteiger partial charge in [-0.05, 0) is 20.3 Å². The van der Waals surface area contributed by atoms with Crippen LogP contribution in [0.15, 0.2) is 0 Å². The van der Waals surface area contributed by atoms with Crippen molar-refractivity contribution in [1.29, 1.82) is 0 Å². The van der Waals surface area contributed by atoms with Crippen LogP contribution in [0.25, 0.3) is 0 Å². The maximum Gasteiger partial charge on any atom is 0.224 e. The van der Waals surface area contributed by atoms with Crippen molar-refractivity contribution in [2.24, 2.45) is 17.4 Å². The molecule has 88 valence electrons. The zero-order valence-electron chi connectivity index (χ0n) is 9.67. The number of carbonyl (C=O) groups excluding carboxylic acids is 2. The number of primary amides is 1. The van der Waals surface area contributed by atoms with Crippen molar-refractivity contribution in [3.05, 3.63) is 0 Å². The predicted molar refractivity (Wildman–Crippen MR) is 58.9 cm³/mol. The molecule has 0 bridgehead atoms. The highest BCUT2D eigenvalue weighted by atomic mass is 16.2. The van der Waals surface area contributed by atoms with E-state index in [9.17, 15) is 9.59 Å². The van der Waals surface area contributed by atoms with Gasteiger partial charge in [-0.25, -0.2) is 0 Å². The molecule has 2 amide bonds. The molecule has 0 radical (unpaired) electrons. The Bertz CT molecular complexity index is 235. The molecule has 0 spiro atoms. The van der Waals surface area contributed by atoms with Gasteiger partial charge in [-0.3, -0.25) is 9.59 Å². The Morgan fingerprint density at radius 1 is 1.40 bits per heavy atom. The van der Waals surface area contributed by atoms with Crippen molar-refractivity contribution in [3.63, 3.8) is 0 Å². The molecule has 0 aromatic rings. The van der Waals surface area contributed by atoms with E-state index in [0.717, 1.165) is 0 Å². The summed E-state index contributed by atoms with van der Waals surface area (Å²) in [6.07, 6.45) is 0.814. The highest BCUT2D eigenvalue weighted by Crippen LogP contribution is 2.10. The molecule has 0 saturated heterocycles. The van der Waals surface area contributed by atoms with Crippen molar-refractivity contribution in [2.75, 3.05) is 6.54 Å².